The van der Waals surface area contributed by atoms with Crippen LogP contribution >= 0.6 is 7.82 Å². The van der Waals surface area contributed by atoms with Gasteiger partial charge in [0.15, 0.2) is 6.10 Å². The molecule has 6 N–H and O–H groups in total. The molecule has 1 aliphatic carbocycles. The van der Waals surface area contributed by atoms with E-state index in [1.807, 2.05) is 0 Å². The van der Waals surface area contributed by atoms with Crippen LogP contribution in [0.1, 0.15) is 181 Å². The number of ether oxygens (including phenoxy) is 2. The van der Waals surface area contributed by atoms with E-state index in [4.69, 9.17) is 18.5 Å². The molecule has 0 heterocycles. The highest BCUT2D eigenvalue weighted by Gasteiger charge is 2.51. The number of phosphoric ester groups is 1. The lowest BCUT2D eigenvalue weighted by molar-refractivity contribution is -0.220. The average Bonchev–Trinajstić information content (AvgIpc) is 3.24. The van der Waals surface area contributed by atoms with E-state index in [0.717, 1.165) is 89.9 Å². The van der Waals surface area contributed by atoms with Crippen molar-refractivity contribution in [3.05, 3.63) is 48.6 Å². The summed E-state index contributed by atoms with van der Waals surface area (Å²) >= 11 is 0. The molecule has 0 bridgehead atoms. The second-order valence-corrected chi connectivity index (χ2v) is 17.7. The zero-order chi connectivity index (χ0) is 45.0. The van der Waals surface area contributed by atoms with E-state index in [9.17, 15) is 44.6 Å². The molecule has 6 unspecified atom stereocenters. The summed E-state index contributed by atoms with van der Waals surface area (Å²) in [5.74, 6) is -1.13. The van der Waals surface area contributed by atoms with Crippen LogP contribution < -0.4 is 0 Å². The van der Waals surface area contributed by atoms with Gasteiger partial charge in [-0.2, -0.15) is 0 Å². The smallest absolute Gasteiger partial charge is 0.462 e. The van der Waals surface area contributed by atoms with Crippen LogP contribution in [0.2, 0.25) is 0 Å². The lowest BCUT2D eigenvalue weighted by atomic mass is 9.85. The Kier molecular flexibility index (Phi) is 34.7. The minimum Gasteiger partial charge on any atom is -0.462 e. The Labute approximate surface area is 367 Å². The Morgan fingerprint density at radius 1 is 0.508 bits per heavy atom. The van der Waals surface area contributed by atoms with Crippen molar-refractivity contribution in [2.45, 2.75) is 224 Å². The fraction of sp³-hybridized carbons (Fsp3) is 0.787. The van der Waals surface area contributed by atoms with E-state index < -0.39 is 75.7 Å². The van der Waals surface area contributed by atoms with Crippen molar-refractivity contribution in [1.82, 2.24) is 0 Å². The molecule has 1 saturated carbocycles. The maximum atomic E-state index is 12.8. The highest BCUT2D eigenvalue weighted by Crippen LogP contribution is 2.47. The molecule has 1 aliphatic rings. The summed E-state index contributed by atoms with van der Waals surface area (Å²) in [7, 11) is -5.13. The number of phosphoric acid groups is 1. The maximum Gasteiger partial charge on any atom is 0.472 e. The molecule has 14 heteroatoms. The largest absolute Gasteiger partial charge is 0.472 e. The number of hydrogen-bond acceptors (Lipinski definition) is 12. The van der Waals surface area contributed by atoms with Gasteiger partial charge in [-0.1, -0.05) is 140 Å². The number of aliphatic hydroxyl groups is 5. The molecule has 6 atom stereocenters. The van der Waals surface area contributed by atoms with Crippen molar-refractivity contribution in [2.24, 2.45) is 0 Å². The highest BCUT2D eigenvalue weighted by atomic mass is 31.2. The molecule has 0 radical (unpaired) electrons. The van der Waals surface area contributed by atoms with Gasteiger partial charge in [0.1, 0.15) is 43.2 Å². The summed E-state index contributed by atoms with van der Waals surface area (Å²) in [6.07, 6.45) is 30.1. The van der Waals surface area contributed by atoms with Crippen molar-refractivity contribution < 1.29 is 63.1 Å². The first-order valence-electron chi connectivity index (χ1n) is 23.4. The second kappa shape index (κ2) is 37.2. The molecular formula is C47H83O13P. The molecule has 0 saturated heterocycles. The van der Waals surface area contributed by atoms with Gasteiger partial charge in [-0.3, -0.25) is 18.6 Å². The fourth-order valence-electron chi connectivity index (χ4n) is 6.82. The van der Waals surface area contributed by atoms with E-state index in [-0.39, 0.29) is 12.8 Å². The molecular weight excluding hydrogens is 803 g/mol. The molecule has 61 heavy (non-hydrogen) atoms. The van der Waals surface area contributed by atoms with E-state index >= 15 is 0 Å². The summed E-state index contributed by atoms with van der Waals surface area (Å²) in [6.45, 7) is 3.24. The van der Waals surface area contributed by atoms with Gasteiger partial charge in [0.2, 0.25) is 0 Å². The molecule has 0 aromatic rings. The molecule has 0 aliphatic heterocycles. The van der Waals surface area contributed by atoms with Crippen molar-refractivity contribution in [3.63, 3.8) is 0 Å². The Morgan fingerprint density at radius 3 is 1.33 bits per heavy atom. The quantitative estimate of drug-likeness (QED) is 0.0148. The zero-order valence-electron chi connectivity index (χ0n) is 37.4. The van der Waals surface area contributed by atoms with E-state index in [1.165, 1.54) is 51.4 Å². The number of allylic oxidation sites excluding steroid dienone is 8. The number of hydrogen-bond donors (Lipinski definition) is 6. The van der Waals surface area contributed by atoms with Crippen molar-refractivity contribution in [1.29, 1.82) is 0 Å². The minimum absolute atomic E-state index is 0.0764. The fourth-order valence-corrected chi connectivity index (χ4v) is 7.79. The highest BCUT2D eigenvalue weighted by molar-refractivity contribution is 7.47. The number of carbonyl (C=O) groups is 2. The van der Waals surface area contributed by atoms with Crippen molar-refractivity contribution in [3.8, 4) is 0 Å². The molecule has 0 aromatic carbocycles. The standard InChI is InChI=1S/C47H83O13P/c1-3-5-7-9-11-13-15-17-19-21-23-25-27-29-31-33-35-40(48)57-37-39(38-58-61(55,56)60-47-45(53)43(51)42(50)44(52)46(47)54)59-41(49)36-34-32-30-28-26-24-22-20-18-16-14-12-10-8-6-4-2/h13-16,19-22,39,42-47,50-54H,3-12,17-18,23-38H2,1-2H3,(H,55,56)/b15-13-,16-14-,21-19-,22-20-. The number of aliphatic hydroxyl groups excluding tert-OH is 5. The Hall–Kier alpha value is -2.19. The predicted molar refractivity (Wildman–Crippen MR) is 239 cm³/mol. The molecule has 1 fully saturated rings. The van der Waals surface area contributed by atoms with Gasteiger partial charge in [0.05, 0.1) is 6.61 Å². The molecule has 0 spiro atoms. The first kappa shape index (κ1) is 56.8. The van der Waals surface area contributed by atoms with Crippen LogP contribution in [0.4, 0.5) is 0 Å². The number of carbonyl (C=O) groups excluding carboxylic acids is 2. The van der Waals surface area contributed by atoms with Gasteiger partial charge in [0.25, 0.3) is 0 Å². The third kappa shape index (κ3) is 29.7. The van der Waals surface area contributed by atoms with Crippen molar-refractivity contribution >= 4 is 19.8 Å². The summed E-state index contributed by atoms with van der Waals surface area (Å²) in [6, 6.07) is 0. The summed E-state index contributed by atoms with van der Waals surface area (Å²) in [5.41, 5.74) is 0. The summed E-state index contributed by atoms with van der Waals surface area (Å²) < 4.78 is 33.5. The first-order valence-corrected chi connectivity index (χ1v) is 24.9. The van der Waals surface area contributed by atoms with Crippen LogP contribution in [0.25, 0.3) is 0 Å². The summed E-state index contributed by atoms with van der Waals surface area (Å²) in [5, 5.41) is 50.1. The van der Waals surface area contributed by atoms with Gasteiger partial charge in [0, 0.05) is 12.8 Å². The second-order valence-electron chi connectivity index (χ2n) is 16.3. The van der Waals surface area contributed by atoms with Gasteiger partial charge >= 0.3 is 19.8 Å². The lowest BCUT2D eigenvalue weighted by Gasteiger charge is -2.41. The van der Waals surface area contributed by atoms with Crippen LogP contribution in [-0.2, 0) is 32.7 Å². The monoisotopic (exact) mass is 887 g/mol. The molecule has 13 nitrogen and oxygen atoms in total. The van der Waals surface area contributed by atoms with Gasteiger partial charge in [-0.05, 0) is 77.0 Å². The third-order valence-electron chi connectivity index (χ3n) is 10.6. The van der Waals surface area contributed by atoms with Gasteiger partial charge in [-0.15, -0.1) is 0 Å². The van der Waals surface area contributed by atoms with Crippen LogP contribution in [-0.4, -0.2) is 98.3 Å². The maximum absolute atomic E-state index is 12.8. The third-order valence-corrected chi connectivity index (χ3v) is 11.6. The zero-order valence-corrected chi connectivity index (χ0v) is 38.3. The first-order chi connectivity index (χ1) is 29.4. The van der Waals surface area contributed by atoms with Crippen LogP contribution in [0.5, 0.6) is 0 Å². The average molecular weight is 887 g/mol. The Balaban J connectivity index is 2.48. The van der Waals surface area contributed by atoms with Gasteiger partial charge < -0.3 is 39.9 Å². The normalized spacial score (nSPS) is 22.4. The number of rotatable bonds is 38. The molecule has 354 valence electrons. The van der Waals surface area contributed by atoms with E-state index in [1.54, 1.807) is 0 Å². The van der Waals surface area contributed by atoms with Crippen LogP contribution in [0, 0.1) is 0 Å². The predicted octanol–water partition coefficient (Wildman–Crippen LogP) is 9.17. The van der Waals surface area contributed by atoms with Crippen molar-refractivity contribution in [2.75, 3.05) is 13.2 Å². The Bertz CT molecular complexity index is 1250. The van der Waals surface area contributed by atoms with E-state index in [2.05, 4.69) is 62.5 Å². The van der Waals surface area contributed by atoms with Crippen LogP contribution in [0.3, 0.4) is 0 Å². The molecule has 0 amide bonds. The molecule has 0 aromatic heterocycles. The SMILES string of the molecule is CCCCCC/C=C\C/C=C\CCCCCCCC(=O)OCC(COP(=O)(O)OC1C(O)C(O)C(O)C(O)C1O)OC(=O)CCCCCCC/C=C\C/C=C\CCCCCC. The molecule has 1 rings (SSSR count). The minimum atomic E-state index is -5.13. The lowest BCUT2D eigenvalue weighted by Crippen LogP contribution is -2.64. The summed E-state index contributed by atoms with van der Waals surface area (Å²) in [4.78, 5) is 35.7. The topological polar surface area (TPSA) is 210 Å². The number of unbranched alkanes of at least 4 members (excludes halogenated alkanes) is 18. The number of esters is 2. The Morgan fingerprint density at radius 2 is 0.885 bits per heavy atom. The van der Waals surface area contributed by atoms with E-state index in [0.29, 0.717) is 12.8 Å². The van der Waals surface area contributed by atoms with Gasteiger partial charge in [-0.25, -0.2) is 4.57 Å². The van der Waals surface area contributed by atoms with Crippen LogP contribution in [0.15, 0.2) is 48.6 Å².